The highest BCUT2D eigenvalue weighted by Gasteiger charge is 2.26. The number of carbonyl (C=O) groups excluding carboxylic acids is 2. The molecule has 1 saturated heterocycles. The number of unbranched alkanes of at least 4 members (excludes halogenated alkanes) is 2. The zero-order valence-electron chi connectivity index (χ0n) is 11.5. The summed E-state index contributed by atoms with van der Waals surface area (Å²) in [6.45, 7) is 3.70. The Balaban J connectivity index is 1.99. The van der Waals surface area contributed by atoms with Crippen LogP contribution in [0, 0.1) is 0 Å². The fraction of sp³-hybridized carbons (Fsp3) is 0.857. The highest BCUT2D eigenvalue weighted by atomic mass is 32.2. The molecule has 0 spiro atoms. The van der Waals surface area contributed by atoms with Crippen molar-refractivity contribution < 1.29 is 9.59 Å². The van der Waals surface area contributed by atoms with E-state index in [1.807, 2.05) is 18.7 Å². The van der Waals surface area contributed by atoms with Gasteiger partial charge in [0.25, 0.3) is 0 Å². The van der Waals surface area contributed by atoms with Crippen LogP contribution in [0.15, 0.2) is 0 Å². The maximum Gasteiger partial charge on any atom is 0.147 e. The molecule has 1 rings (SSSR count). The largest absolute Gasteiger partial charge is 0.300 e. The Bertz CT molecular complexity index is 281. The summed E-state index contributed by atoms with van der Waals surface area (Å²) in [6, 6.07) is 0.0612. The van der Waals surface area contributed by atoms with Crippen LogP contribution in [-0.2, 0) is 9.59 Å². The van der Waals surface area contributed by atoms with E-state index in [0.717, 1.165) is 50.7 Å². The molecule has 1 aliphatic heterocycles. The number of Topliss-reactive ketones (excluding diaryl/α,β-unsaturated/α-hetero) is 2. The third kappa shape index (κ3) is 6.01. The van der Waals surface area contributed by atoms with E-state index < -0.39 is 0 Å². The van der Waals surface area contributed by atoms with Gasteiger partial charge in [0, 0.05) is 18.6 Å². The molecule has 0 radical (unpaired) electrons. The number of rotatable bonds is 9. The second-order valence-corrected chi connectivity index (χ2v) is 6.28. The van der Waals surface area contributed by atoms with Gasteiger partial charge < -0.3 is 0 Å². The fourth-order valence-electron chi connectivity index (χ4n) is 2.17. The average molecular weight is 271 g/mol. The van der Waals surface area contributed by atoms with E-state index in [2.05, 4.69) is 5.32 Å². The number of thioether (sulfide) groups is 1. The molecule has 0 bridgehead atoms. The second-order valence-electron chi connectivity index (χ2n) is 5.04. The van der Waals surface area contributed by atoms with Gasteiger partial charge in [-0.3, -0.25) is 14.9 Å². The van der Waals surface area contributed by atoms with Gasteiger partial charge in [-0.1, -0.05) is 19.8 Å². The summed E-state index contributed by atoms with van der Waals surface area (Å²) in [5.74, 6) is 1.56. The minimum Gasteiger partial charge on any atom is -0.300 e. The van der Waals surface area contributed by atoms with Gasteiger partial charge in [-0.05, 0) is 26.2 Å². The van der Waals surface area contributed by atoms with Crippen molar-refractivity contribution in [3.8, 4) is 0 Å². The van der Waals surface area contributed by atoms with E-state index in [1.54, 1.807) is 6.92 Å². The van der Waals surface area contributed by atoms with Gasteiger partial charge in [-0.25, -0.2) is 0 Å². The van der Waals surface area contributed by atoms with Crippen LogP contribution in [0.25, 0.3) is 0 Å². The summed E-state index contributed by atoms with van der Waals surface area (Å²) in [4.78, 5) is 22.5. The SMILES string of the molecule is CCCC(=O)CCCCCC1NC(C(C)=O)CS1. The van der Waals surface area contributed by atoms with Crippen LogP contribution in [0.5, 0.6) is 0 Å². The van der Waals surface area contributed by atoms with E-state index in [1.165, 1.54) is 0 Å². The molecule has 1 heterocycles. The van der Waals surface area contributed by atoms with E-state index in [9.17, 15) is 9.59 Å². The van der Waals surface area contributed by atoms with E-state index >= 15 is 0 Å². The van der Waals surface area contributed by atoms with Crippen molar-refractivity contribution in [3.05, 3.63) is 0 Å². The lowest BCUT2D eigenvalue weighted by molar-refractivity contribution is -0.119. The first-order valence-corrected chi connectivity index (χ1v) is 8.08. The summed E-state index contributed by atoms with van der Waals surface area (Å²) in [5, 5.41) is 3.79. The van der Waals surface area contributed by atoms with Gasteiger partial charge in [0.2, 0.25) is 0 Å². The lowest BCUT2D eigenvalue weighted by Crippen LogP contribution is -2.35. The second kappa shape index (κ2) is 8.70. The molecule has 0 amide bonds. The normalized spacial score (nSPS) is 23.2. The molecule has 0 aromatic rings. The lowest BCUT2D eigenvalue weighted by Gasteiger charge is -2.10. The van der Waals surface area contributed by atoms with Crippen LogP contribution in [0.2, 0.25) is 0 Å². The molecule has 3 nitrogen and oxygen atoms in total. The van der Waals surface area contributed by atoms with Gasteiger partial charge in [-0.2, -0.15) is 0 Å². The van der Waals surface area contributed by atoms with Crippen LogP contribution in [0.1, 0.15) is 58.8 Å². The van der Waals surface area contributed by atoms with E-state index in [0.29, 0.717) is 11.2 Å². The smallest absolute Gasteiger partial charge is 0.147 e. The molecule has 0 saturated carbocycles. The standard InChI is InChI=1S/C14H25NO2S/c1-3-7-12(17)8-5-4-6-9-14-15-13(10-18-14)11(2)16/h13-15H,3-10H2,1-2H3. The van der Waals surface area contributed by atoms with E-state index in [4.69, 9.17) is 0 Å². The lowest BCUT2D eigenvalue weighted by atomic mass is 10.1. The van der Waals surface area contributed by atoms with Crippen LogP contribution < -0.4 is 5.32 Å². The molecule has 4 heteroatoms. The summed E-state index contributed by atoms with van der Waals surface area (Å²) < 4.78 is 0. The zero-order valence-corrected chi connectivity index (χ0v) is 12.4. The Hall–Kier alpha value is -0.350. The van der Waals surface area contributed by atoms with Crippen molar-refractivity contribution in [2.24, 2.45) is 0 Å². The molecule has 104 valence electrons. The average Bonchev–Trinajstić information content (AvgIpc) is 2.78. The first kappa shape index (κ1) is 15.7. The summed E-state index contributed by atoms with van der Waals surface area (Å²) in [5.41, 5.74) is 0. The number of nitrogens with one attached hydrogen (secondary N) is 1. The van der Waals surface area contributed by atoms with Crippen molar-refractivity contribution in [3.63, 3.8) is 0 Å². The molecule has 18 heavy (non-hydrogen) atoms. The third-order valence-corrected chi connectivity index (χ3v) is 4.59. The van der Waals surface area contributed by atoms with Crippen LogP contribution >= 0.6 is 11.8 Å². The highest BCUT2D eigenvalue weighted by Crippen LogP contribution is 2.23. The van der Waals surface area contributed by atoms with Crippen molar-refractivity contribution >= 4 is 23.3 Å². The van der Waals surface area contributed by atoms with Crippen LogP contribution in [-0.4, -0.2) is 28.7 Å². The maximum absolute atomic E-state index is 11.3. The zero-order chi connectivity index (χ0) is 13.4. The minimum atomic E-state index is 0.0612. The third-order valence-electron chi connectivity index (χ3n) is 3.29. The fourth-order valence-corrected chi connectivity index (χ4v) is 3.52. The first-order valence-electron chi connectivity index (χ1n) is 7.03. The summed E-state index contributed by atoms with van der Waals surface area (Å²) >= 11 is 1.85. The van der Waals surface area contributed by atoms with Crippen molar-refractivity contribution in [1.82, 2.24) is 5.32 Å². The van der Waals surface area contributed by atoms with Gasteiger partial charge >= 0.3 is 0 Å². The Morgan fingerprint density at radius 1 is 1.22 bits per heavy atom. The highest BCUT2D eigenvalue weighted by molar-refractivity contribution is 8.00. The number of hydrogen-bond donors (Lipinski definition) is 1. The monoisotopic (exact) mass is 271 g/mol. The molecule has 0 aliphatic carbocycles. The molecular weight excluding hydrogens is 246 g/mol. The topological polar surface area (TPSA) is 46.2 Å². The minimum absolute atomic E-state index is 0.0612. The first-order chi connectivity index (χ1) is 8.63. The van der Waals surface area contributed by atoms with Crippen molar-refractivity contribution in [2.75, 3.05) is 5.75 Å². The molecule has 1 fully saturated rings. The summed E-state index contributed by atoms with van der Waals surface area (Å²) in [6.07, 6.45) is 6.85. The molecule has 2 atom stereocenters. The predicted octanol–water partition coefficient (Wildman–Crippen LogP) is 2.93. The molecule has 1 N–H and O–H groups in total. The van der Waals surface area contributed by atoms with Gasteiger partial charge in [-0.15, -0.1) is 11.8 Å². The van der Waals surface area contributed by atoms with Crippen molar-refractivity contribution in [1.29, 1.82) is 0 Å². The van der Waals surface area contributed by atoms with Gasteiger partial charge in [0.1, 0.15) is 11.6 Å². The quantitative estimate of drug-likeness (QED) is 0.655. The Kier molecular flexibility index (Phi) is 7.59. The Morgan fingerprint density at radius 2 is 2.00 bits per heavy atom. The molecule has 0 aromatic carbocycles. The Labute approximate surface area is 114 Å². The predicted molar refractivity (Wildman–Crippen MR) is 76.9 cm³/mol. The number of ketones is 2. The maximum atomic E-state index is 11.3. The number of carbonyl (C=O) groups is 2. The Morgan fingerprint density at radius 3 is 2.61 bits per heavy atom. The number of hydrogen-bond acceptors (Lipinski definition) is 4. The summed E-state index contributed by atoms with van der Waals surface area (Å²) in [7, 11) is 0. The van der Waals surface area contributed by atoms with Crippen LogP contribution in [0.3, 0.4) is 0 Å². The molecule has 2 unspecified atom stereocenters. The van der Waals surface area contributed by atoms with E-state index in [-0.39, 0.29) is 11.8 Å². The van der Waals surface area contributed by atoms with Crippen molar-refractivity contribution in [2.45, 2.75) is 70.2 Å². The molecule has 1 aliphatic rings. The van der Waals surface area contributed by atoms with Crippen LogP contribution in [0.4, 0.5) is 0 Å². The molecule has 0 aromatic heterocycles. The van der Waals surface area contributed by atoms with Gasteiger partial charge in [0.15, 0.2) is 0 Å². The molecular formula is C14H25NO2S. The van der Waals surface area contributed by atoms with Gasteiger partial charge in [0.05, 0.1) is 11.4 Å².